The second-order valence-electron chi connectivity index (χ2n) is 7.37. The molecular weight excluding hydrogens is 358 g/mol. The van der Waals surface area contributed by atoms with Gasteiger partial charge in [-0.25, -0.2) is 0 Å². The third-order valence-corrected chi connectivity index (χ3v) is 5.59. The van der Waals surface area contributed by atoms with Crippen LogP contribution >= 0.6 is 0 Å². The summed E-state index contributed by atoms with van der Waals surface area (Å²) in [6.07, 6.45) is 0.238. The van der Waals surface area contributed by atoms with Gasteiger partial charge in [-0.05, 0) is 18.1 Å². The summed E-state index contributed by atoms with van der Waals surface area (Å²) in [4.78, 5) is 37.0. The maximum absolute atomic E-state index is 13.0. The summed E-state index contributed by atoms with van der Waals surface area (Å²) in [5.74, 6) is 0.424. The highest BCUT2D eigenvalue weighted by Gasteiger charge is 2.32. The molecule has 2 aliphatic rings. The Morgan fingerprint density at radius 3 is 2.64 bits per heavy atom. The van der Waals surface area contributed by atoms with Gasteiger partial charge < -0.3 is 15.3 Å². The Kier molecular flexibility index (Phi) is 5.15. The quantitative estimate of drug-likeness (QED) is 0.717. The lowest BCUT2D eigenvalue weighted by molar-refractivity contribution is -0.116. The van der Waals surface area contributed by atoms with Gasteiger partial charge in [-0.15, -0.1) is 0 Å². The van der Waals surface area contributed by atoms with E-state index in [9.17, 15) is 9.59 Å². The fraction of sp³-hybridized carbons (Fsp3) is 0.450. The molecule has 0 spiro atoms. The molecule has 1 amide bonds. The van der Waals surface area contributed by atoms with E-state index < -0.39 is 0 Å². The topological polar surface area (TPSA) is 102 Å². The van der Waals surface area contributed by atoms with E-state index in [1.165, 1.54) is 0 Å². The average Bonchev–Trinajstić information content (AvgIpc) is 2.68. The number of benzene rings is 1. The van der Waals surface area contributed by atoms with Crippen molar-refractivity contribution in [2.75, 3.05) is 49.5 Å². The van der Waals surface area contributed by atoms with Crippen LogP contribution < -0.4 is 15.8 Å². The van der Waals surface area contributed by atoms with Gasteiger partial charge in [0.15, 0.2) is 0 Å². The summed E-state index contributed by atoms with van der Waals surface area (Å²) in [7, 11) is 0. The molecule has 1 aromatic heterocycles. The van der Waals surface area contributed by atoms with Crippen LogP contribution in [0.2, 0.25) is 0 Å². The SMILES string of the molecule is Cc1ccccc1[C@@H]1CC(=O)Nc2nc(N3CCN(CCO)CC3)[nH]c(=O)c21. The van der Waals surface area contributed by atoms with Crippen molar-refractivity contribution in [3.05, 3.63) is 51.3 Å². The molecule has 1 saturated heterocycles. The standard InChI is InChI=1S/C20H25N5O3/c1-13-4-2-3-5-14(13)15-12-16(27)21-18-17(15)19(28)23-20(22-18)25-8-6-24(7-9-25)10-11-26/h2-5,15,26H,6-12H2,1H3,(H2,21,22,23,27,28)/t15-/m0/s1. The van der Waals surface area contributed by atoms with Gasteiger partial charge in [0.05, 0.1) is 12.2 Å². The van der Waals surface area contributed by atoms with Crippen molar-refractivity contribution in [3.63, 3.8) is 0 Å². The number of aryl methyl sites for hydroxylation is 1. The number of carbonyl (C=O) groups is 1. The number of aliphatic hydroxyl groups excluding tert-OH is 1. The van der Waals surface area contributed by atoms with Crippen molar-refractivity contribution in [2.45, 2.75) is 19.3 Å². The molecule has 3 N–H and O–H groups in total. The average molecular weight is 383 g/mol. The van der Waals surface area contributed by atoms with Crippen LogP contribution in [-0.4, -0.2) is 65.2 Å². The van der Waals surface area contributed by atoms with Gasteiger partial charge in [0, 0.05) is 45.1 Å². The van der Waals surface area contributed by atoms with Crippen LogP contribution in [0.4, 0.5) is 11.8 Å². The monoisotopic (exact) mass is 383 g/mol. The molecule has 0 saturated carbocycles. The molecule has 3 heterocycles. The number of aliphatic hydroxyl groups is 1. The number of amides is 1. The first kappa shape index (κ1) is 18.6. The van der Waals surface area contributed by atoms with Gasteiger partial charge in [0.1, 0.15) is 5.82 Å². The van der Waals surface area contributed by atoms with Crippen LogP contribution in [0, 0.1) is 6.92 Å². The fourth-order valence-corrected chi connectivity index (χ4v) is 4.08. The van der Waals surface area contributed by atoms with Crippen molar-refractivity contribution in [1.82, 2.24) is 14.9 Å². The van der Waals surface area contributed by atoms with Crippen molar-refractivity contribution in [2.24, 2.45) is 0 Å². The van der Waals surface area contributed by atoms with E-state index in [1.807, 2.05) is 36.1 Å². The maximum Gasteiger partial charge on any atom is 0.258 e. The van der Waals surface area contributed by atoms with Gasteiger partial charge in [0.25, 0.3) is 5.56 Å². The molecule has 8 nitrogen and oxygen atoms in total. The predicted molar refractivity (Wildman–Crippen MR) is 107 cm³/mol. The number of aromatic amines is 1. The Hall–Kier alpha value is -2.71. The molecule has 2 aliphatic heterocycles. The summed E-state index contributed by atoms with van der Waals surface area (Å²) in [6.45, 7) is 5.77. The number of H-pyrrole nitrogens is 1. The van der Waals surface area contributed by atoms with Gasteiger partial charge >= 0.3 is 0 Å². The first-order valence-corrected chi connectivity index (χ1v) is 9.64. The van der Waals surface area contributed by atoms with E-state index in [1.54, 1.807) is 0 Å². The maximum atomic E-state index is 13.0. The summed E-state index contributed by atoms with van der Waals surface area (Å²) in [5.41, 5.74) is 2.36. The number of anilines is 2. The Balaban J connectivity index is 1.66. The van der Waals surface area contributed by atoms with Gasteiger partial charge in [-0.1, -0.05) is 24.3 Å². The lowest BCUT2D eigenvalue weighted by Crippen LogP contribution is -2.48. The van der Waals surface area contributed by atoms with Crippen molar-refractivity contribution in [1.29, 1.82) is 0 Å². The highest BCUT2D eigenvalue weighted by molar-refractivity contribution is 5.94. The molecule has 28 heavy (non-hydrogen) atoms. The molecule has 1 atom stereocenters. The van der Waals surface area contributed by atoms with Crippen LogP contribution in [-0.2, 0) is 4.79 Å². The zero-order valence-corrected chi connectivity index (χ0v) is 15.9. The van der Waals surface area contributed by atoms with E-state index in [0.717, 1.165) is 24.2 Å². The molecule has 0 unspecified atom stereocenters. The number of β-amino-alcohol motifs (C(OH)–C–C–N with tert-alkyl or cyclic N) is 1. The largest absolute Gasteiger partial charge is 0.395 e. The number of hydrogen-bond acceptors (Lipinski definition) is 6. The zero-order valence-electron chi connectivity index (χ0n) is 15.9. The van der Waals surface area contributed by atoms with Gasteiger partial charge in [0.2, 0.25) is 11.9 Å². The smallest absolute Gasteiger partial charge is 0.258 e. The van der Waals surface area contributed by atoms with E-state index in [-0.39, 0.29) is 30.4 Å². The Morgan fingerprint density at radius 1 is 1.18 bits per heavy atom. The number of hydrogen-bond donors (Lipinski definition) is 3. The van der Waals surface area contributed by atoms with Crippen LogP contribution in [0.3, 0.4) is 0 Å². The van der Waals surface area contributed by atoms with E-state index in [0.29, 0.717) is 37.0 Å². The molecule has 0 radical (unpaired) electrons. The zero-order chi connectivity index (χ0) is 19.7. The third kappa shape index (κ3) is 3.53. The van der Waals surface area contributed by atoms with Crippen LogP contribution in [0.1, 0.15) is 29.0 Å². The van der Waals surface area contributed by atoms with Crippen LogP contribution in [0.15, 0.2) is 29.1 Å². The molecule has 8 heteroatoms. The molecule has 1 fully saturated rings. The molecule has 0 aliphatic carbocycles. The molecule has 148 valence electrons. The van der Waals surface area contributed by atoms with E-state index >= 15 is 0 Å². The Bertz CT molecular complexity index is 934. The molecule has 2 aromatic rings. The third-order valence-electron chi connectivity index (χ3n) is 5.59. The second kappa shape index (κ2) is 7.73. The Labute approximate surface area is 163 Å². The number of rotatable bonds is 4. The fourth-order valence-electron chi connectivity index (χ4n) is 4.08. The van der Waals surface area contributed by atoms with Crippen LogP contribution in [0.25, 0.3) is 0 Å². The Morgan fingerprint density at radius 2 is 1.93 bits per heavy atom. The minimum Gasteiger partial charge on any atom is -0.395 e. The van der Waals surface area contributed by atoms with Crippen molar-refractivity contribution < 1.29 is 9.90 Å². The molecule has 4 rings (SSSR count). The second-order valence-corrected chi connectivity index (χ2v) is 7.37. The lowest BCUT2D eigenvalue weighted by Gasteiger charge is -2.35. The van der Waals surface area contributed by atoms with Crippen molar-refractivity contribution >= 4 is 17.7 Å². The molecule has 0 bridgehead atoms. The number of nitrogens with zero attached hydrogens (tertiary/aromatic N) is 3. The first-order valence-electron chi connectivity index (χ1n) is 9.64. The number of fused-ring (bicyclic) bond motifs is 1. The van der Waals surface area contributed by atoms with E-state index in [2.05, 4.69) is 20.2 Å². The minimum absolute atomic E-state index is 0.127. The van der Waals surface area contributed by atoms with Crippen LogP contribution in [0.5, 0.6) is 0 Å². The summed E-state index contributed by atoms with van der Waals surface area (Å²) in [5, 5.41) is 11.9. The minimum atomic E-state index is -0.295. The highest BCUT2D eigenvalue weighted by Crippen LogP contribution is 2.35. The van der Waals surface area contributed by atoms with E-state index in [4.69, 9.17) is 5.11 Å². The molecular formula is C20H25N5O3. The highest BCUT2D eigenvalue weighted by atomic mass is 16.3. The molecule has 1 aromatic carbocycles. The lowest BCUT2D eigenvalue weighted by atomic mass is 9.84. The number of piperazine rings is 1. The van der Waals surface area contributed by atoms with Gasteiger partial charge in [-0.3, -0.25) is 19.5 Å². The first-order chi connectivity index (χ1) is 13.6. The number of carbonyl (C=O) groups excluding carboxylic acids is 1. The summed E-state index contributed by atoms with van der Waals surface area (Å²) >= 11 is 0. The predicted octanol–water partition coefficient (Wildman–Crippen LogP) is 0.667. The number of nitrogens with one attached hydrogen (secondary N) is 2. The van der Waals surface area contributed by atoms with Crippen molar-refractivity contribution in [3.8, 4) is 0 Å². The number of aromatic nitrogens is 2. The normalized spacial score (nSPS) is 20.0. The van der Waals surface area contributed by atoms with Gasteiger partial charge in [-0.2, -0.15) is 4.98 Å². The summed E-state index contributed by atoms with van der Waals surface area (Å²) < 4.78 is 0. The summed E-state index contributed by atoms with van der Waals surface area (Å²) in [6, 6.07) is 7.83.